The smallest absolute Gasteiger partial charge is 0.0149 e. The molecule has 0 aliphatic heterocycles. The van der Waals surface area contributed by atoms with Crippen molar-refractivity contribution >= 4 is 42.4 Å². The Balaban J connectivity index is 0. The second kappa shape index (κ2) is 22.5. The van der Waals surface area contributed by atoms with Crippen molar-refractivity contribution in [1.29, 1.82) is 0 Å². The fourth-order valence-electron chi connectivity index (χ4n) is 0. The maximum atomic E-state index is 0. The van der Waals surface area contributed by atoms with Gasteiger partial charge in [-0.1, -0.05) is 0 Å². The largest absolute Gasteiger partial charge is 0.316 e. The van der Waals surface area contributed by atoms with Crippen LogP contribution >= 0.6 is 0 Å². The normalized spacial score (nSPS) is 0. The average Bonchev–Trinajstić information content (AvgIpc) is 0. The molecular weight excluding hydrogens is 129 g/mol. The van der Waals surface area contributed by atoms with Crippen LogP contribution in [0.25, 0.3) is 0 Å². The van der Waals surface area contributed by atoms with E-state index in [0.29, 0.717) is 0 Å². The van der Waals surface area contributed by atoms with Crippen molar-refractivity contribution in [2.75, 3.05) is 0 Å². The van der Waals surface area contributed by atoms with Crippen molar-refractivity contribution in [3.05, 3.63) is 0 Å². The van der Waals surface area contributed by atoms with Crippen molar-refractivity contribution in [2.24, 2.45) is 0 Å². The van der Waals surface area contributed by atoms with Gasteiger partial charge in [-0.3, -0.25) is 0 Å². The molecule has 20 valence electrons. The van der Waals surface area contributed by atoms with Gasteiger partial charge in [-0.15, -0.1) is 0 Å². The molecule has 0 aliphatic rings. The summed E-state index contributed by atoms with van der Waals surface area (Å²) in [6, 6.07) is 0. The molecule has 0 nitrogen and oxygen atoms in total. The molecular formula is H9BMgSiZn. The van der Waals surface area contributed by atoms with Gasteiger partial charge in [-0.05, 0) is 11.0 Å². The summed E-state index contributed by atoms with van der Waals surface area (Å²) in [5.74, 6) is 0. The topological polar surface area (TPSA) is 0 Å². The van der Waals surface area contributed by atoms with E-state index < -0.39 is 0 Å². The second-order valence-corrected chi connectivity index (χ2v) is 0. The Kier molecular flexibility index (Phi) is 250. The van der Waals surface area contributed by atoms with Crippen LogP contribution in [0, 0.1) is 0 Å². The Hall–Kier alpha value is 1.67. The summed E-state index contributed by atoms with van der Waals surface area (Å²) in [7, 11) is 0. The third-order valence-corrected chi connectivity index (χ3v) is 0. The van der Waals surface area contributed by atoms with E-state index in [1.807, 2.05) is 0 Å². The van der Waals surface area contributed by atoms with Crippen LogP contribution in [0.3, 0.4) is 0 Å². The van der Waals surface area contributed by atoms with E-state index in [2.05, 4.69) is 0 Å². The maximum Gasteiger partial charge on any atom is 0.316 e. The predicted octanol–water partition coefficient (Wildman–Crippen LogP) is -3.55. The first kappa shape index (κ1) is 44.3. The molecule has 0 amide bonds. The molecule has 0 aromatic heterocycles. The molecule has 0 spiro atoms. The van der Waals surface area contributed by atoms with E-state index in [9.17, 15) is 0 Å². The molecule has 0 heterocycles. The molecule has 0 fully saturated rings. The zero-order chi connectivity index (χ0) is 0. The standard InChI is InChI=1S/BH3.Mg.H4Si.Zn.2H/h1H3;;1H4;;;. The van der Waals surface area contributed by atoms with Crippen molar-refractivity contribution in [2.45, 2.75) is 0 Å². The van der Waals surface area contributed by atoms with E-state index in [1.165, 1.54) is 0 Å². The van der Waals surface area contributed by atoms with Gasteiger partial charge >= 0.3 is 23.1 Å². The van der Waals surface area contributed by atoms with Gasteiger partial charge in [0.25, 0.3) is 0 Å². The van der Waals surface area contributed by atoms with E-state index in [-0.39, 0.29) is 61.9 Å². The van der Waals surface area contributed by atoms with Crippen LogP contribution in [0.2, 0.25) is 0 Å². The van der Waals surface area contributed by atoms with Crippen LogP contribution < -0.4 is 0 Å². The molecule has 0 aromatic rings. The van der Waals surface area contributed by atoms with Crippen LogP contribution in [0.4, 0.5) is 0 Å². The first-order valence-electron chi connectivity index (χ1n) is 0. The molecule has 0 atom stereocenters. The SMILES string of the molecule is B.[MgH2].[SiH4].[Zn]. The summed E-state index contributed by atoms with van der Waals surface area (Å²) in [4.78, 5) is 0. The van der Waals surface area contributed by atoms with Gasteiger partial charge in [0, 0.05) is 19.5 Å². The Morgan fingerprint density at radius 3 is 1.00 bits per heavy atom. The minimum Gasteiger partial charge on any atom is -0.0149 e. The van der Waals surface area contributed by atoms with Gasteiger partial charge in [-0.25, -0.2) is 0 Å². The van der Waals surface area contributed by atoms with E-state index >= 15 is 0 Å². The number of hydrogen-bond acceptors (Lipinski definition) is 0. The monoisotopic (exact) mass is 136 g/mol. The van der Waals surface area contributed by atoms with Crippen molar-refractivity contribution in [1.82, 2.24) is 0 Å². The van der Waals surface area contributed by atoms with Gasteiger partial charge in [-0.2, -0.15) is 0 Å². The van der Waals surface area contributed by atoms with E-state index in [1.54, 1.807) is 0 Å². The molecule has 0 radical (unpaired) electrons. The molecule has 0 rings (SSSR count). The third kappa shape index (κ3) is 9.38. The predicted molar refractivity (Wildman–Crippen MR) is 29.8 cm³/mol. The van der Waals surface area contributed by atoms with Crippen molar-refractivity contribution in [3.63, 3.8) is 0 Å². The van der Waals surface area contributed by atoms with Gasteiger partial charge in [0.05, 0.1) is 8.41 Å². The molecule has 0 saturated carbocycles. The summed E-state index contributed by atoms with van der Waals surface area (Å²) in [5.41, 5.74) is 0. The first-order valence-corrected chi connectivity index (χ1v) is 0. The average molecular weight is 138 g/mol. The first-order chi connectivity index (χ1) is 0. The summed E-state index contributed by atoms with van der Waals surface area (Å²) in [6.45, 7) is 0. The Bertz CT molecular complexity index is 8.00. The molecule has 4 heavy (non-hydrogen) atoms. The molecule has 0 aromatic carbocycles. The third-order valence-electron chi connectivity index (χ3n) is 0. The van der Waals surface area contributed by atoms with Crippen LogP contribution in [-0.2, 0) is 19.5 Å². The molecule has 0 N–H and O–H groups in total. The van der Waals surface area contributed by atoms with Gasteiger partial charge in [0.15, 0.2) is 0 Å². The Labute approximate surface area is 61.6 Å². The number of rotatable bonds is 0. The van der Waals surface area contributed by atoms with E-state index in [0.717, 1.165) is 0 Å². The second-order valence-electron chi connectivity index (χ2n) is 0. The Morgan fingerprint density at radius 1 is 1.00 bits per heavy atom. The zero-order valence-electron chi connectivity index (χ0n) is 0.707. The minimum atomic E-state index is 0. The Morgan fingerprint density at radius 2 is 1.00 bits per heavy atom. The van der Waals surface area contributed by atoms with Gasteiger partial charge in [0.1, 0.15) is 0 Å². The molecule has 0 aliphatic carbocycles. The number of hydrogen-bond donors (Lipinski definition) is 0. The maximum absolute atomic E-state index is 0. The zero-order valence-corrected chi connectivity index (χ0v) is 3.67. The molecule has 0 saturated heterocycles. The summed E-state index contributed by atoms with van der Waals surface area (Å²) in [5, 5.41) is 0. The molecule has 0 bridgehead atoms. The summed E-state index contributed by atoms with van der Waals surface area (Å²) in [6.07, 6.45) is 0. The summed E-state index contributed by atoms with van der Waals surface area (Å²) < 4.78 is 0. The van der Waals surface area contributed by atoms with E-state index in [4.69, 9.17) is 0 Å². The fraction of sp³-hybridized carbons (Fsp3) is 0. The van der Waals surface area contributed by atoms with Crippen molar-refractivity contribution < 1.29 is 19.5 Å². The summed E-state index contributed by atoms with van der Waals surface area (Å²) >= 11 is 0. The molecule has 4 heteroatoms. The quantitative estimate of drug-likeness (QED) is 0.304. The van der Waals surface area contributed by atoms with Crippen molar-refractivity contribution in [3.8, 4) is 0 Å². The van der Waals surface area contributed by atoms with Crippen LogP contribution in [0.1, 0.15) is 0 Å². The van der Waals surface area contributed by atoms with Crippen LogP contribution in [-0.4, -0.2) is 42.4 Å². The van der Waals surface area contributed by atoms with Crippen LogP contribution in [0.15, 0.2) is 0 Å². The fourth-order valence-corrected chi connectivity index (χ4v) is 0. The minimum absolute atomic E-state index is 0. The van der Waals surface area contributed by atoms with Gasteiger partial charge < -0.3 is 0 Å². The molecule has 0 unspecified atom stereocenters. The van der Waals surface area contributed by atoms with Crippen LogP contribution in [0.5, 0.6) is 0 Å². The van der Waals surface area contributed by atoms with Gasteiger partial charge in [0.2, 0.25) is 0 Å².